The molecule has 0 atom stereocenters. The van der Waals surface area contributed by atoms with E-state index in [9.17, 15) is 5.11 Å². The SMILES string of the molecule is Oc1cccc(C=Cc2cnccn2)c1. The number of rotatable bonds is 2. The molecule has 1 N–H and O–H groups in total. The summed E-state index contributed by atoms with van der Waals surface area (Å²) in [7, 11) is 0. The second-order valence-corrected chi connectivity index (χ2v) is 3.06. The molecule has 0 saturated carbocycles. The molecule has 1 heterocycles. The molecule has 0 saturated heterocycles. The van der Waals surface area contributed by atoms with Crippen LogP contribution in [0.25, 0.3) is 12.2 Å². The van der Waals surface area contributed by atoms with Gasteiger partial charge in [-0.3, -0.25) is 9.97 Å². The molecule has 0 aliphatic rings. The summed E-state index contributed by atoms with van der Waals surface area (Å²) < 4.78 is 0. The molecule has 0 bridgehead atoms. The van der Waals surface area contributed by atoms with E-state index in [0.717, 1.165) is 11.3 Å². The molecule has 0 aliphatic heterocycles. The number of benzene rings is 1. The van der Waals surface area contributed by atoms with Crippen molar-refractivity contribution in [3.8, 4) is 5.75 Å². The highest BCUT2D eigenvalue weighted by molar-refractivity contribution is 5.68. The Labute approximate surface area is 87.8 Å². The second kappa shape index (κ2) is 4.37. The van der Waals surface area contributed by atoms with Crippen molar-refractivity contribution >= 4 is 12.2 Å². The van der Waals surface area contributed by atoms with E-state index in [2.05, 4.69) is 9.97 Å². The average molecular weight is 198 g/mol. The van der Waals surface area contributed by atoms with Crippen molar-refractivity contribution in [2.75, 3.05) is 0 Å². The van der Waals surface area contributed by atoms with Crippen molar-refractivity contribution in [3.63, 3.8) is 0 Å². The van der Waals surface area contributed by atoms with Crippen molar-refractivity contribution in [2.45, 2.75) is 0 Å². The van der Waals surface area contributed by atoms with Crippen LogP contribution in [0.15, 0.2) is 42.9 Å². The van der Waals surface area contributed by atoms with Crippen LogP contribution >= 0.6 is 0 Å². The first-order valence-electron chi connectivity index (χ1n) is 4.58. The third-order valence-electron chi connectivity index (χ3n) is 1.90. The van der Waals surface area contributed by atoms with Crippen LogP contribution < -0.4 is 0 Å². The fraction of sp³-hybridized carbons (Fsp3) is 0. The van der Waals surface area contributed by atoms with Gasteiger partial charge in [-0.15, -0.1) is 0 Å². The largest absolute Gasteiger partial charge is 0.508 e. The molecule has 0 amide bonds. The topological polar surface area (TPSA) is 46.0 Å². The van der Waals surface area contributed by atoms with Crippen LogP contribution in [-0.2, 0) is 0 Å². The van der Waals surface area contributed by atoms with Gasteiger partial charge < -0.3 is 5.11 Å². The average Bonchev–Trinajstić information content (AvgIpc) is 2.28. The molecule has 0 unspecified atom stereocenters. The van der Waals surface area contributed by atoms with Crippen LogP contribution in [0.4, 0.5) is 0 Å². The molecule has 0 radical (unpaired) electrons. The molecular weight excluding hydrogens is 188 g/mol. The highest BCUT2D eigenvalue weighted by Crippen LogP contribution is 2.13. The minimum absolute atomic E-state index is 0.260. The van der Waals surface area contributed by atoms with E-state index >= 15 is 0 Å². The fourth-order valence-corrected chi connectivity index (χ4v) is 1.21. The summed E-state index contributed by atoms with van der Waals surface area (Å²) in [5.74, 6) is 0.260. The van der Waals surface area contributed by atoms with Crippen molar-refractivity contribution < 1.29 is 5.11 Å². The summed E-state index contributed by atoms with van der Waals surface area (Å²) in [5.41, 5.74) is 1.72. The summed E-state index contributed by atoms with van der Waals surface area (Å²) >= 11 is 0. The molecule has 3 heteroatoms. The first-order valence-corrected chi connectivity index (χ1v) is 4.58. The zero-order chi connectivity index (χ0) is 10.5. The van der Waals surface area contributed by atoms with E-state index in [0.29, 0.717) is 0 Å². The predicted octanol–water partition coefficient (Wildman–Crippen LogP) is 2.35. The summed E-state index contributed by atoms with van der Waals surface area (Å²) in [6, 6.07) is 7.03. The monoisotopic (exact) mass is 198 g/mol. The van der Waals surface area contributed by atoms with Crippen LogP contribution in [0.1, 0.15) is 11.3 Å². The maximum absolute atomic E-state index is 9.25. The Bertz CT molecular complexity index is 466. The molecule has 0 aliphatic carbocycles. The fourth-order valence-electron chi connectivity index (χ4n) is 1.21. The van der Waals surface area contributed by atoms with Gasteiger partial charge in [0.2, 0.25) is 0 Å². The Morgan fingerprint density at radius 1 is 1.13 bits per heavy atom. The van der Waals surface area contributed by atoms with Gasteiger partial charge in [0, 0.05) is 12.4 Å². The predicted molar refractivity (Wildman–Crippen MR) is 59.1 cm³/mol. The van der Waals surface area contributed by atoms with Crippen molar-refractivity contribution in [1.29, 1.82) is 0 Å². The van der Waals surface area contributed by atoms with Gasteiger partial charge in [0.15, 0.2) is 0 Å². The van der Waals surface area contributed by atoms with Crippen molar-refractivity contribution in [2.24, 2.45) is 0 Å². The van der Waals surface area contributed by atoms with Gasteiger partial charge in [-0.2, -0.15) is 0 Å². The summed E-state index contributed by atoms with van der Waals surface area (Å²) in [5, 5.41) is 9.25. The van der Waals surface area contributed by atoms with E-state index < -0.39 is 0 Å². The van der Waals surface area contributed by atoms with Gasteiger partial charge in [-0.25, -0.2) is 0 Å². The second-order valence-electron chi connectivity index (χ2n) is 3.06. The van der Waals surface area contributed by atoms with Crippen LogP contribution in [0.3, 0.4) is 0 Å². The summed E-state index contributed by atoms with van der Waals surface area (Å²) in [4.78, 5) is 8.06. The standard InChI is InChI=1S/C12H10N2O/c15-12-3-1-2-10(8-12)4-5-11-9-13-6-7-14-11/h1-9,15H. The maximum atomic E-state index is 9.25. The Morgan fingerprint density at radius 3 is 2.80 bits per heavy atom. The van der Waals surface area contributed by atoms with Crippen molar-refractivity contribution in [1.82, 2.24) is 9.97 Å². The quantitative estimate of drug-likeness (QED) is 0.805. The van der Waals surface area contributed by atoms with Crippen molar-refractivity contribution in [3.05, 3.63) is 54.1 Å². The Kier molecular flexibility index (Phi) is 2.74. The molecule has 2 aromatic rings. The molecule has 1 aromatic heterocycles. The molecule has 0 spiro atoms. The van der Waals surface area contributed by atoms with Gasteiger partial charge in [0.05, 0.1) is 11.9 Å². The maximum Gasteiger partial charge on any atom is 0.116 e. The van der Waals surface area contributed by atoms with Gasteiger partial charge in [0.1, 0.15) is 5.75 Å². The zero-order valence-corrected chi connectivity index (χ0v) is 8.04. The van der Waals surface area contributed by atoms with Gasteiger partial charge >= 0.3 is 0 Å². The lowest BCUT2D eigenvalue weighted by molar-refractivity contribution is 0.475. The lowest BCUT2D eigenvalue weighted by Gasteiger charge is -1.94. The minimum Gasteiger partial charge on any atom is -0.508 e. The lowest BCUT2D eigenvalue weighted by Crippen LogP contribution is -1.80. The third kappa shape index (κ3) is 2.64. The van der Waals surface area contributed by atoms with E-state index in [-0.39, 0.29) is 5.75 Å². The first kappa shape index (κ1) is 9.40. The van der Waals surface area contributed by atoms with E-state index in [1.165, 1.54) is 0 Å². The normalized spacial score (nSPS) is 10.7. The van der Waals surface area contributed by atoms with E-state index in [4.69, 9.17) is 0 Å². The number of aromatic nitrogens is 2. The lowest BCUT2D eigenvalue weighted by atomic mass is 10.2. The number of hydrogen-bond donors (Lipinski definition) is 1. The number of hydrogen-bond acceptors (Lipinski definition) is 3. The van der Waals surface area contributed by atoms with Crippen LogP contribution in [0.5, 0.6) is 5.75 Å². The highest BCUT2D eigenvalue weighted by Gasteiger charge is 1.90. The van der Waals surface area contributed by atoms with Crippen LogP contribution in [0, 0.1) is 0 Å². The van der Waals surface area contributed by atoms with Crippen LogP contribution in [0.2, 0.25) is 0 Å². The Morgan fingerprint density at radius 2 is 2.07 bits per heavy atom. The van der Waals surface area contributed by atoms with Gasteiger partial charge in [-0.1, -0.05) is 18.2 Å². The molecule has 74 valence electrons. The number of phenols is 1. The molecular formula is C12H10N2O. The van der Waals surface area contributed by atoms with Gasteiger partial charge in [-0.05, 0) is 23.8 Å². The molecule has 0 fully saturated rings. The van der Waals surface area contributed by atoms with E-state index in [1.54, 1.807) is 36.8 Å². The molecule has 3 nitrogen and oxygen atoms in total. The Balaban J connectivity index is 2.19. The highest BCUT2D eigenvalue weighted by atomic mass is 16.3. The summed E-state index contributed by atoms with van der Waals surface area (Å²) in [6.45, 7) is 0. The molecule has 1 aromatic carbocycles. The zero-order valence-electron chi connectivity index (χ0n) is 8.04. The van der Waals surface area contributed by atoms with E-state index in [1.807, 2.05) is 18.2 Å². The Hall–Kier alpha value is -2.16. The third-order valence-corrected chi connectivity index (χ3v) is 1.90. The number of aromatic hydroxyl groups is 1. The van der Waals surface area contributed by atoms with Gasteiger partial charge in [0.25, 0.3) is 0 Å². The smallest absolute Gasteiger partial charge is 0.116 e. The molecule has 15 heavy (non-hydrogen) atoms. The first-order chi connectivity index (χ1) is 7.34. The molecule has 2 rings (SSSR count). The minimum atomic E-state index is 0.260. The number of nitrogens with zero attached hydrogens (tertiary/aromatic N) is 2. The summed E-state index contributed by atoms with van der Waals surface area (Å²) in [6.07, 6.45) is 8.68. The van der Waals surface area contributed by atoms with Crippen LogP contribution in [-0.4, -0.2) is 15.1 Å². The number of phenolic OH excluding ortho intramolecular Hbond substituents is 1.